The third-order valence-corrected chi connectivity index (χ3v) is 6.26. The van der Waals surface area contributed by atoms with Crippen LogP contribution in [0, 0.1) is 0 Å². The highest BCUT2D eigenvalue weighted by atomic mass is 16.3. The zero-order valence-corrected chi connectivity index (χ0v) is 18.8. The number of hydrogen-bond donors (Lipinski definition) is 4. The lowest BCUT2D eigenvalue weighted by molar-refractivity contribution is 0.467. The molecular formula is C29H28O4. The molecule has 0 fully saturated rings. The molecule has 0 bridgehead atoms. The molecule has 0 amide bonds. The standard InChI is InChI=1S/C29H28O4/c1-29(2,23-7-13-27(32)21(17-23)15-19-3-9-25(30)10-4-19)24-8-14-28(33)22(18-24)16-20-5-11-26(31)12-6-20/h3-14,17-18,30-33H,15-16H2,1-2H3. The van der Waals surface area contributed by atoms with E-state index in [1.54, 1.807) is 36.4 Å². The quantitative estimate of drug-likeness (QED) is 0.296. The first-order valence-corrected chi connectivity index (χ1v) is 10.9. The fourth-order valence-corrected chi connectivity index (χ4v) is 4.07. The van der Waals surface area contributed by atoms with Crippen LogP contribution in [0.1, 0.15) is 47.2 Å². The maximum absolute atomic E-state index is 10.5. The number of aromatic hydroxyl groups is 4. The summed E-state index contributed by atoms with van der Waals surface area (Å²) >= 11 is 0. The van der Waals surface area contributed by atoms with Crippen molar-refractivity contribution >= 4 is 0 Å². The van der Waals surface area contributed by atoms with Crippen LogP contribution in [-0.2, 0) is 18.3 Å². The van der Waals surface area contributed by atoms with Gasteiger partial charge in [0.15, 0.2) is 0 Å². The highest BCUT2D eigenvalue weighted by Crippen LogP contribution is 2.37. The van der Waals surface area contributed by atoms with Gasteiger partial charge in [-0.15, -0.1) is 0 Å². The molecule has 0 atom stereocenters. The van der Waals surface area contributed by atoms with Crippen molar-refractivity contribution in [3.63, 3.8) is 0 Å². The summed E-state index contributed by atoms with van der Waals surface area (Å²) in [6, 6.07) is 25.3. The Morgan fingerprint density at radius 3 is 1.24 bits per heavy atom. The zero-order valence-electron chi connectivity index (χ0n) is 18.8. The highest BCUT2D eigenvalue weighted by molar-refractivity contribution is 5.49. The lowest BCUT2D eigenvalue weighted by Gasteiger charge is -2.28. The topological polar surface area (TPSA) is 80.9 Å². The molecule has 4 N–H and O–H groups in total. The van der Waals surface area contributed by atoms with Crippen molar-refractivity contribution in [2.24, 2.45) is 0 Å². The molecule has 0 aromatic heterocycles. The fraction of sp³-hybridized carbons (Fsp3) is 0.172. The molecule has 0 heterocycles. The van der Waals surface area contributed by atoms with Crippen molar-refractivity contribution in [1.82, 2.24) is 0 Å². The average Bonchev–Trinajstić information content (AvgIpc) is 2.79. The van der Waals surface area contributed by atoms with Gasteiger partial charge in [0, 0.05) is 18.3 Å². The van der Waals surface area contributed by atoms with Crippen molar-refractivity contribution in [1.29, 1.82) is 0 Å². The number of benzene rings is 4. The first-order valence-electron chi connectivity index (χ1n) is 10.9. The largest absolute Gasteiger partial charge is 0.508 e. The molecule has 4 rings (SSSR count). The van der Waals surface area contributed by atoms with Gasteiger partial charge in [-0.25, -0.2) is 0 Å². The van der Waals surface area contributed by atoms with Gasteiger partial charge in [-0.2, -0.15) is 0 Å². The van der Waals surface area contributed by atoms with Crippen LogP contribution in [0.25, 0.3) is 0 Å². The predicted molar refractivity (Wildman–Crippen MR) is 130 cm³/mol. The van der Waals surface area contributed by atoms with Crippen molar-refractivity contribution in [3.05, 3.63) is 118 Å². The number of rotatable bonds is 6. The van der Waals surface area contributed by atoms with Crippen LogP contribution in [0.4, 0.5) is 0 Å². The van der Waals surface area contributed by atoms with Crippen LogP contribution in [0.2, 0.25) is 0 Å². The summed E-state index contributed by atoms with van der Waals surface area (Å²) in [6.45, 7) is 4.25. The molecule has 0 aliphatic carbocycles. The summed E-state index contributed by atoms with van der Waals surface area (Å²) in [5.41, 5.74) is 5.36. The van der Waals surface area contributed by atoms with E-state index >= 15 is 0 Å². The van der Waals surface area contributed by atoms with E-state index in [9.17, 15) is 20.4 Å². The molecule has 0 aliphatic heterocycles. The third kappa shape index (κ3) is 4.96. The highest BCUT2D eigenvalue weighted by Gasteiger charge is 2.25. The van der Waals surface area contributed by atoms with E-state index < -0.39 is 0 Å². The predicted octanol–water partition coefficient (Wildman–Crippen LogP) is 6.02. The third-order valence-electron chi connectivity index (χ3n) is 6.26. The minimum Gasteiger partial charge on any atom is -0.508 e. The van der Waals surface area contributed by atoms with Gasteiger partial charge in [-0.1, -0.05) is 62.4 Å². The maximum atomic E-state index is 10.5. The molecular weight excluding hydrogens is 412 g/mol. The Bertz CT molecular complexity index is 1160. The fourth-order valence-electron chi connectivity index (χ4n) is 4.07. The summed E-state index contributed by atoms with van der Waals surface area (Å²) in [5, 5.41) is 39.9. The van der Waals surface area contributed by atoms with Gasteiger partial charge in [0.25, 0.3) is 0 Å². The minimum absolute atomic E-state index is 0.216. The van der Waals surface area contributed by atoms with E-state index in [1.165, 1.54) is 0 Å². The van der Waals surface area contributed by atoms with E-state index in [2.05, 4.69) is 13.8 Å². The van der Waals surface area contributed by atoms with Crippen LogP contribution in [-0.4, -0.2) is 20.4 Å². The first-order chi connectivity index (χ1) is 15.7. The Morgan fingerprint density at radius 2 is 0.879 bits per heavy atom. The second-order valence-corrected chi connectivity index (χ2v) is 9.00. The molecule has 168 valence electrons. The van der Waals surface area contributed by atoms with Gasteiger partial charge in [-0.3, -0.25) is 0 Å². The van der Waals surface area contributed by atoms with Crippen LogP contribution >= 0.6 is 0 Å². The zero-order chi connectivity index (χ0) is 23.6. The van der Waals surface area contributed by atoms with E-state index in [0.29, 0.717) is 12.8 Å². The van der Waals surface area contributed by atoms with Crippen LogP contribution < -0.4 is 0 Å². The molecule has 0 spiro atoms. The number of phenolic OH excluding ortho intramolecular Hbond substituents is 4. The van der Waals surface area contributed by atoms with Crippen molar-refractivity contribution in [2.75, 3.05) is 0 Å². The normalized spacial score (nSPS) is 11.5. The second kappa shape index (κ2) is 8.91. The smallest absolute Gasteiger partial charge is 0.119 e. The summed E-state index contributed by atoms with van der Waals surface area (Å²) in [7, 11) is 0. The summed E-state index contributed by atoms with van der Waals surface area (Å²) in [6.07, 6.45) is 1.11. The Balaban J connectivity index is 1.65. The summed E-state index contributed by atoms with van der Waals surface area (Å²) in [5.74, 6) is 0.907. The Labute approximate surface area is 194 Å². The second-order valence-electron chi connectivity index (χ2n) is 9.00. The van der Waals surface area contributed by atoms with E-state index in [1.807, 2.05) is 48.5 Å². The van der Waals surface area contributed by atoms with Gasteiger partial charge < -0.3 is 20.4 Å². The van der Waals surface area contributed by atoms with E-state index in [0.717, 1.165) is 33.4 Å². The van der Waals surface area contributed by atoms with E-state index in [4.69, 9.17) is 0 Å². The van der Waals surface area contributed by atoms with Crippen LogP contribution in [0.5, 0.6) is 23.0 Å². The first kappa shape index (κ1) is 22.3. The lowest BCUT2D eigenvalue weighted by atomic mass is 9.76. The number of hydrogen-bond acceptors (Lipinski definition) is 4. The Morgan fingerprint density at radius 1 is 0.515 bits per heavy atom. The number of phenols is 4. The average molecular weight is 441 g/mol. The van der Waals surface area contributed by atoms with Crippen molar-refractivity contribution < 1.29 is 20.4 Å². The molecule has 4 nitrogen and oxygen atoms in total. The van der Waals surface area contributed by atoms with Gasteiger partial charge in [0.05, 0.1) is 0 Å². The van der Waals surface area contributed by atoms with Gasteiger partial charge in [0.1, 0.15) is 23.0 Å². The lowest BCUT2D eigenvalue weighted by Crippen LogP contribution is -2.19. The molecule has 4 aromatic carbocycles. The van der Waals surface area contributed by atoms with Gasteiger partial charge in [-0.05, 0) is 69.8 Å². The van der Waals surface area contributed by atoms with Crippen LogP contribution in [0.3, 0.4) is 0 Å². The Hall–Kier alpha value is -3.92. The van der Waals surface area contributed by atoms with Gasteiger partial charge >= 0.3 is 0 Å². The molecule has 0 unspecified atom stereocenters. The molecule has 0 aliphatic rings. The molecule has 33 heavy (non-hydrogen) atoms. The maximum Gasteiger partial charge on any atom is 0.119 e. The van der Waals surface area contributed by atoms with E-state index in [-0.39, 0.29) is 28.4 Å². The summed E-state index contributed by atoms with van der Waals surface area (Å²) < 4.78 is 0. The molecule has 4 aromatic rings. The molecule has 0 radical (unpaired) electrons. The van der Waals surface area contributed by atoms with Crippen LogP contribution in [0.15, 0.2) is 84.9 Å². The molecule has 0 saturated heterocycles. The monoisotopic (exact) mass is 440 g/mol. The molecule has 4 heteroatoms. The van der Waals surface area contributed by atoms with Gasteiger partial charge in [0.2, 0.25) is 0 Å². The minimum atomic E-state index is -0.366. The molecule has 0 saturated carbocycles. The Kier molecular flexibility index (Phi) is 6.01. The van der Waals surface area contributed by atoms with Crippen molar-refractivity contribution in [3.8, 4) is 23.0 Å². The SMILES string of the molecule is CC(C)(c1ccc(O)c(Cc2ccc(O)cc2)c1)c1ccc(O)c(Cc2ccc(O)cc2)c1. The summed E-state index contributed by atoms with van der Waals surface area (Å²) in [4.78, 5) is 0. The van der Waals surface area contributed by atoms with Crippen molar-refractivity contribution in [2.45, 2.75) is 32.1 Å².